The zero-order chi connectivity index (χ0) is 17.5. The van der Waals surface area contributed by atoms with Crippen LogP contribution in [0.2, 0.25) is 0 Å². The molecule has 0 radical (unpaired) electrons. The predicted molar refractivity (Wildman–Crippen MR) is 95.7 cm³/mol. The number of anilines is 1. The van der Waals surface area contributed by atoms with Crippen molar-refractivity contribution in [2.75, 3.05) is 5.32 Å². The van der Waals surface area contributed by atoms with Crippen LogP contribution in [0.15, 0.2) is 78.9 Å². The largest absolute Gasteiger partial charge is 0.372 e. The Hall–Kier alpha value is -2.98. The van der Waals surface area contributed by atoms with Crippen molar-refractivity contribution in [1.29, 1.82) is 0 Å². The average Bonchev–Trinajstić information content (AvgIpc) is 2.64. The molecule has 3 aromatic rings. The average molecular weight is 335 g/mol. The summed E-state index contributed by atoms with van der Waals surface area (Å²) in [6, 6.07) is 23.2. The van der Waals surface area contributed by atoms with Gasteiger partial charge in [-0.25, -0.2) is 4.39 Å². The van der Waals surface area contributed by atoms with Gasteiger partial charge in [-0.3, -0.25) is 4.79 Å². The number of amides is 1. The number of nitrogens with one attached hydrogen (secondary N) is 1. The Morgan fingerprint density at radius 2 is 1.40 bits per heavy atom. The summed E-state index contributed by atoms with van der Waals surface area (Å²) in [5.41, 5.74) is 2.76. The second-order valence-corrected chi connectivity index (χ2v) is 5.61. The maximum Gasteiger partial charge on any atom is 0.258 e. The van der Waals surface area contributed by atoms with E-state index < -0.39 is 11.7 Å². The fourth-order valence-corrected chi connectivity index (χ4v) is 2.39. The maximum absolute atomic E-state index is 13.6. The van der Waals surface area contributed by atoms with E-state index in [2.05, 4.69) is 5.32 Å². The highest BCUT2D eigenvalue weighted by atomic mass is 19.1. The van der Waals surface area contributed by atoms with Crippen LogP contribution < -0.4 is 5.32 Å². The van der Waals surface area contributed by atoms with Crippen LogP contribution in [0, 0.1) is 5.82 Å². The summed E-state index contributed by atoms with van der Waals surface area (Å²) in [5, 5.41) is 2.69. The molecule has 0 aromatic heterocycles. The molecular formula is C21H18FNO2. The fraction of sp³-hybridized carbons (Fsp3) is 0.0952. The minimum absolute atomic E-state index is 0.0257. The van der Waals surface area contributed by atoms with Crippen molar-refractivity contribution < 1.29 is 13.9 Å². The highest BCUT2D eigenvalue weighted by Crippen LogP contribution is 2.14. The molecule has 1 N–H and O–H groups in total. The maximum atomic E-state index is 13.6. The summed E-state index contributed by atoms with van der Waals surface area (Å²) in [7, 11) is 0. The highest BCUT2D eigenvalue weighted by Gasteiger charge is 2.10. The van der Waals surface area contributed by atoms with Crippen molar-refractivity contribution in [2.24, 2.45) is 0 Å². The SMILES string of the molecule is O=C(Nc1ccc(COCc2ccccc2)cc1)c1ccccc1F. The van der Waals surface area contributed by atoms with Crippen LogP contribution in [0.3, 0.4) is 0 Å². The Bertz CT molecular complexity index is 832. The van der Waals surface area contributed by atoms with E-state index >= 15 is 0 Å². The van der Waals surface area contributed by atoms with Crippen LogP contribution in [0.4, 0.5) is 10.1 Å². The van der Waals surface area contributed by atoms with E-state index in [-0.39, 0.29) is 5.56 Å². The molecule has 3 rings (SSSR count). The minimum Gasteiger partial charge on any atom is -0.372 e. The van der Waals surface area contributed by atoms with Crippen LogP contribution in [-0.2, 0) is 18.0 Å². The van der Waals surface area contributed by atoms with Crippen molar-refractivity contribution in [3.8, 4) is 0 Å². The number of hydrogen-bond donors (Lipinski definition) is 1. The van der Waals surface area contributed by atoms with E-state index in [4.69, 9.17) is 4.74 Å². The Morgan fingerprint density at radius 3 is 2.08 bits per heavy atom. The lowest BCUT2D eigenvalue weighted by molar-refractivity contribution is 0.102. The Balaban J connectivity index is 1.53. The standard InChI is InChI=1S/C21H18FNO2/c22-20-9-5-4-8-19(20)21(24)23-18-12-10-17(11-13-18)15-25-14-16-6-2-1-3-7-16/h1-13H,14-15H2,(H,23,24). The number of carbonyl (C=O) groups excluding carboxylic acids is 1. The summed E-state index contributed by atoms with van der Waals surface area (Å²) in [6.45, 7) is 1.03. The Morgan fingerprint density at radius 1 is 0.800 bits per heavy atom. The third kappa shape index (κ3) is 4.75. The number of halogens is 1. The molecule has 0 aliphatic heterocycles. The van der Waals surface area contributed by atoms with Gasteiger partial charge in [0.1, 0.15) is 5.82 Å². The van der Waals surface area contributed by atoms with E-state index in [1.165, 1.54) is 12.1 Å². The lowest BCUT2D eigenvalue weighted by Crippen LogP contribution is -2.13. The first-order valence-electron chi connectivity index (χ1n) is 7.99. The van der Waals surface area contributed by atoms with Gasteiger partial charge in [0.05, 0.1) is 18.8 Å². The summed E-state index contributed by atoms with van der Waals surface area (Å²) in [6.07, 6.45) is 0. The van der Waals surface area contributed by atoms with Gasteiger partial charge in [0.2, 0.25) is 0 Å². The van der Waals surface area contributed by atoms with Gasteiger partial charge in [-0.1, -0.05) is 54.6 Å². The molecule has 0 aliphatic carbocycles. The lowest BCUT2D eigenvalue weighted by Gasteiger charge is -2.08. The third-order valence-electron chi connectivity index (χ3n) is 3.71. The van der Waals surface area contributed by atoms with Crippen LogP contribution in [0.5, 0.6) is 0 Å². The topological polar surface area (TPSA) is 38.3 Å². The van der Waals surface area contributed by atoms with E-state index in [9.17, 15) is 9.18 Å². The number of hydrogen-bond acceptors (Lipinski definition) is 2. The van der Waals surface area contributed by atoms with Gasteiger partial charge < -0.3 is 10.1 Å². The molecule has 0 heterocycles. The molecule has 0 aliphatic rings. The number of benzene rings is 3. The molecular weight excluding hydrogens is 317 g/mol. The quantitative estimate of drug-likeness (QED) is 0.703. The van der Waals surface area contributed by atoms with Gasteiger partial charge in [-0.05, 0) is 35.4 Å². The zero-order valence-corrected chi connectivity index (χ0v) is 13.6. The molecule has 126 valence electrons. The third-order valence-corrected chi connectivity index (χ3v) is 3.71. The molecule has 0 fully saturated rings. The van der Waals surface area contributed by atoms with Gasteiger partial charge >= 0.3 is 0 Å². The second kappa shape index (κ2) is 8.22. The van der Waals surface area contributed by atoms with Gasteiger partial charge in [0, 0.05) is 5.69 Å². The first-order chi connectivity index (χ1) is 12.2. The molecule has 0 unspecified atom stereocenters. The number of carbonyl (C=O) groups is 1. The molecule has 0 spiro atoms. The molecule has 0 saturated carbocycles. The molecule has 3 nitrogen and oxygen atoms in total. The molecule has 0 bridgehead atoms. The predicted octanol–water partition coefficient (Wildman–Crippen LogP) is 4.79. The van der Waals surface area contributed by atoms with E-state index in [0.717, 1.165) is 11.1 Å². The lowest BCUT2D eigenvalue weighted by atomic mass is 10.1. The van der Waals surface area contributed by atoms with Crippen molar-refractivity contribution in [1.82, 2.24) is 0 Å². The van der Waals surface area contributed by atoms with E-state index in [1.807, 2.05) is 42.5 Å². The zero-order valence-electron chi connectivity index (χ0n) is 13.6. The number of ether oxygens (including phenoxy) is 1. The van der Waals surface area contributed by atoms with Gasteiger partial charge in [0.25, 0.3) is 5.91 Å². The number of rotatable bonds is 6. The molecule has 0 saturated heterocycles. The van der Waals surface area contributed by atoms with Crippen molar-refractivity contribution >= 4 is 11.6 Å². The summed E-state index contributed by atoms with van der Waals surface area (Å²) >= 11 is 0. The van der Waals surface area contributed by atoms with Crippen molar-refractivity contribution in [3.05, 3.63) is 101 Å². The second-order valence-electron chi connectivity index (χ2n) is 5.61. The Labute approximate surface area is 146 Å². The molecule has 3 aromatic carbocycles. The van der Waals surface area contributed by atoms with Gasteiger partial charge in [-0.15, -0.1) is 0 Å². The Kier molecular flexibility index (Phi) is 5.54. The molecule has 0 atom stereocenters. The first kappa shape index (κ1) is 16.9. The fourth-order valence-electron chi connectivity index (χ4n) is 2.39. The van der Waals surface area contributed by atoms with Crippen LogP contribution in [-0.4, -0.2) is 5.91 Å². The smallest absolute Gasteiger partial charge is 0.258 e. The van der Waals surface area contributed by atoms with Crippen molar-refractivity contribution in [3.63, 3.8) is 0 Å². The monoisotopic (exact) mass is 335 g/mol. The summed E-state index contributed by atoms with van der Waals surface area (Å²) in [5.74, 6) is -1.00. The van der Waals surface area contributed by atoms with Gasteiger partial charge in [0.15, 0.2) is 0 Å². The van der Waals surface area contributed by atoms with Gasteiger partial charge in [-0.2, -0.15) is 0 Å². The molecule has 4 heteroatoms. The van der Waals surface area contributed by atoms with Crippen LogP contribution in [0.25, 0.3) is 0 Å². The summed E-state index contributed by atoms with van der Waals surface area (Å²) < 4.78 is 19.3. The van der Waals surface area contributed by atoms with E-state index in [0.29, 0.717) is 18.9 Å². The minimum atomic E-state index is -0.536. The van der Waals surface area contributed by atoms with Crippen LogP contribution in [0.1, 0.15) is 21.5 Å². The normalized spacial score (nSPS) is 10.4. The summed E-state index contributed by atoms with van der Waals surface area (Å²) in [4.78, 5) is 12.1. The first-order valence-corrected chi connectivity index (χ1v) is 7.99. The van der Waals surface area contributed by atoms with E-state index in [1.54, 1.807) is 24.3 Å². The molecule has 25 heavy (non-hydrogen) atoms. The molecule has 1 amide bonds. The highest BCUT2D eigenvalue weighted by molar-refractivity contribution is 6.04. The van der Waals surface area contributed by atoms with Crippen molar-refractivity contribution in [2.45, 2.75) is 13.2 Å². The van der Waals surface area contributed by atoms with Crippen LogP contribution >= 0.6 is 0 Å².